The van der Waals surface area contributed by atoms with Crippen molar-refractivity contribution in [3.05, 3.63) is 41.7 Å². The first-order valence-electron chi connectivity index (χ1n) is 5.49. The fourth-order valence-corrected chi connectivity index (χ4v) is 1.90. The summed E-state index contributed by atoms with van der Waals surface area (Å²) < 4.78 is 5.48. The van der Waals surface area contributed by atoms with E-state index in [1.165, 1.54) is 5.56 Å². The number of benzene rings is 1. The molecule has 0 aliphatic rings. The first-order chi connectivity index (χ1) is 8.15. The van der Waals surface area contributed by atoms with E-state index in [-0.39, 0.29) is 0 Å². The second kappa shape index (κ2) is 4.45. The molecule has 0 aliphatic heterocycles. The zero-order valence-corrected chi connectivity index (χ0v) is 10.3. The highest BCUT2D eigenvalue weighted by molar-refractivity contribution is 5.81. The van der Waals surface area contributed by atoms with E-state index in [1.54, 1.807) is 25.6 Å². The maximum Gasteiger partial charge on any atom is 0.129 e. The van der Waals surface area contributed by atoms with Gasteiger partial charge < -0.3 is 10.5 Å². The van der Waals surface area contributed by atoms with Crippen molar-refractivity contribution >= 4 is 5.69 Å². The average molecular weight is 228 g/mol. The van der Waals surface area contributed by atoms with Gasteiger partial charge >= 0.3 is 0 Å². The summed E-state index contributed by atoms with van der Waals surface area (Å²) in [6, 6.07) is 5.89. The molecule has 0 unspecified atom stereocenters. The maximum absolute atomic E-state index is 5.97. The second-order valence-corrected chi connectivity index (χ2v) is 4.05. The molecule has 2 aromatic rings. The summed E-state index contributed by atoms with van der Waals surface area (Å²) in [6.07, 6.45) is 3.45. The summed E-state index contributed by atoms with van der Waals surface area (Å²) in [4.78, 5) is 4.11. The SMILES string of the molecule is COc1c(-c2cnccc2N)ccc(C)c1C. The van der Waals surface area contributed by atoms with Crippen LogP contribution in [0.1, 0.15) is 11.1 Å². The second-order valence-electron chi connectivity index (χ2n) is 4.05. The number of hydrogen-bond acceptors (Lipinski definition) is 3. The predicted molar refractivity (Wildman–Crippen MR) is 70.1 cm³/mol. The molecule has 2 N–H and O–H groups in total. The molecule has 3 nitrogen and oxygen atoms in total. The third-order valence-corrected chi connectivity index (χ3v) is 3.03. The smallest absolute Gasteiger partial charge is 0.129 e. The normalized spacial score (nSPS) is 10.3. The van der Waals surface area contributed by atoms with Crippen LogP contribution in [0.25, 0.3) is 11.1 Å². The number of nitrogen functional groups attached to an aromatic ring is 1. The highest BCUT2D eigenvalue weighted by Gasteiger charge is 2.12. The Morgan fingerprint density at radius 1 is 1.12 bits per heavy atom. The summed E-state index contributed by atoms with van der Waals surface area (Å²) in [5.41, 5.74) is 10.9. The molecular formula is C14H16N2O. The van der Waals surface area contributed by atoms with E-state index in [0.29, 0.717) is 5.69 Å². The summed E-state index contributed by atoms with van der Waals surface area (Å²) >= 11 is 0. The van der Waals surface area contributed by atoms with Gasteiger partial charge in [0.2, 0.25) is 0 Å². The Labute approximate surface area is 101 Å². The quantitative estimate of drug-likeness (QED) is 0.859. The Bertz CT molecular complexity index is 550. The van der Waals surface area contributed by atoms with Crippen molar-refractivity contribution in [3.63, 3.8) is 0 Å². The van der Waals surface area contributed by atoms with Crippen LogP contribution >= 0.6 is 0 Å². The van der Waals surface area contributed by atoms with Gasteiger partial charge in [-0.25, -0.2) is 0 Å². The molecule has 1 aromatic heterocycles. The topological polar surface area (TPSA) is 48.1 Å². The lowest BCUT2D eigenvalue weighted by atomic mass is 9.99. The van der Waals surface area contributed by atoms with Crippen LogP contribution in [0.15, 0.2) is 30.6 Å². The van der Waals surface area contributed by atoms with Gasteiger partial charge in [-0.05, 0) is 31.0 Å². The third-order valence-electron chi connectivity index (χ3n) is 3.03. The highest BCUT2D eigenvalue weighted by Crippen LogP contribution is 2.36. The van der Waals surface area contributed by atoms with Crippen LogP contribution in [-0.2, 0) is 0 Å². The van der Waals surface area contributed by atoms with E-state index >= 15 is 0 Å². The van der Waals surface area contributed by atoms with Crippen molar-refractivity contribution in [3.8, 4) is 16.9 Å². The van der Waals surface area contributed by atoms with Gasteiger partial charge in [-0.15, -0.1) is 0 Å². The van der Waals surface area contributed by atoms with E-state index in [2.05, 4.69) is 18.0 Å². The van der Waals surface area contributed by atoms with Gasteiger partial charge in [-0.1, -0.05) is 12.1 Å². The van der Waals surface area contributed by atoms with Crippen molar-refractivity contribution in [2.45, 2.75) is 13.8 Å². The van der Waals surface area contributed by atoms with Crippen molar-refractivity contribution < 1.29 is 4.74 Å². The molecule has 17 heavy (non-hydrogen) atoms. The summed E-state index contributed by atoms with van der Waals surface area (Å²) in [5, 5.41) is 0. The van der Waals surface area contributed by atoms with Crippen LogP contribution in [0, 0.1) is 13.8 Å². The fraction of sp³-hybridized carbons (Fsp3) is 0.214. The Morgan fingerprint density at radius 3 is 2.53 bits per heavy atom. The van der Waals surface area contributed by atoms with Crippen molar-refractivity contribution in [2.75, 3.05) is 12.8 Å². The molecule has 0 fully saturated rings. The molecule has 0 atom stereocenters. The largest absolute Gasteiger partial charge is 0.496 e. The van der Waals surface area contributed by atoms with Crippen LogP contribution < -0.4 is 10.5 Å². The molecule has 0 spiro atoms. The molecule has 2 rings (SSSR count). The molecule has 0 radical (unpaired) electrons. The zero-order valence-electron chi connectivity index (χ0n) is 10.3. The number of pyridine rings is 1. The summed E-state index contributed by atoms with van der Waals surface area (Å²) in [6.45, 7) is 4.11. The van der Waals surface area contributed by atoms with Gasteiger partial charge in [0.15, 0.2) is 0 Å². The van der Waals surface area contributed by atoms with Gasteiger partial charge in [0, 0.05) is 29.2 Å². The molecule has 0 amide bonds. The molecule has 0 saturated carbocycles. The lowest BCUT2D eigenvalue weighted by molar-refractivity contribution is 0.413. The van der Waals surface area contributed by atoms with Gasteiger partial charge in [-0.3, -0.25) is 4.98 Å². The molecule has 0 bridgehead atoms. The van der Waals surface area contributed by atoms with E-state index in [1.807, 2.05) is 13.0 Å². The molecule has 3 heteroatoms. The molecular weight excluding hydrogens is 212 g/mol. The molecule has 1 heterocycles. The summed E-state index contributed by atoms with van der Waals surface area (Å²) in [5.74, 6) is 0.865. The van der Waals surface area contributed by atoms with Crippen LogP contribution in [-0.4, -0.2) is 12.1 Å². The van der Waals surface area contributed by atoms with Gasteiger partial charge in [0.05, 0.1) is 7.11 Å². The van der Waals surface area contributed by atoms with E-state index < -0.39 is 0 Å². The van der Waals surface area contributed by atoms with Crippen LogP contribution in [0.2, 0.25) is 0 Å². The number of nitrogens with zero attached hydrogens (tertiary/aromatic N) is 1. The first kappa shape index (κ1) is 11.5. The number of rotatable bonds is 2. The molecule has 0 saturated heterocycles. The number of aromatic nitrogens is 1. The van der Waals surface area contributed by atoms with E-state index in [9.17, 15) is 0 Å². The standard InChI is InChI=1S/C14H16N2O/c1-9-4-5-11(14(17-3)10(9)2)12-8-16-7-6-13(12)15/h4-8H,1-3H3,(H2,15,16). The number of nitrogens with two attached hydrogens (primary N) is 1. The lowest BCUT2D eigenvalue weighted by Gasteiger charge is -2.14. The van der Waals surface area contributed by atoms with Crippen LogP contribution in [0.5, 0.6) is 5.75 Å². The predicted octanol–water partition coefficient (Wildman–Crippen LogP) is 2.96. The number of anilines is 1. The minimum absolute atomic E-state index is 0.710. The monoisotopic (exact) mass is 228 g/mol. The number of hydrogen-bond donors (Lipinski definition) is 1. The number of aryl methyl sites for hydroxylation is 1. The van der Waals surface area contributed by atoms with E-state index in [4.69, 9.17) is 10.5 Å². The lowest BCUT2D eigenvalue weighted by Crippen LogP contribution is -1.97. The zero-order chi connectivity index (χ0) is 12.4. The third kappa shape index (κ3) is 1.96. The highest BCUT2D eigenvalue weighted by atomic mass is 16.5. The Kier molecular flexibility index (Phi) is 3.00. The first-order valence-corrected chi connectivity index (χ1v) is 5.49. The number of ether oxygens (including phenoxy) is 1. The minimum atomic E-state index is 0.710. The van der Waals surface area contributed by atoms with Crippen LogP contribution in [0.3, 0.4) is 0 Å². The number of methoxy groups -OCH3 is 1. The van der Waals surface area contributed by atoms with Gasteiger partial charge in [-0.2, -0.15) is 0 Å². The van der Waals surface area contributed by atoms with Crippen molar-refractivity contribution in [1.82, 2.24) is 4.98 Å². The van der Waals surface area contributed by atoms with E-state index in [0.717, 1.165) is 22.4 Å². The van der Waals surface area contributed by atoms with Crippen LogP contribution in [0.4, 0.5) is 5.69 Å². The maximum atomic E-state index is 5.97. The average Bonchev–Trinajstić information content (AvgIpc) is 2.33. The Morgan fingerprint density at radius 2 is 1.88 bits per heavy atom. The van der Waals surface area contributed by atoms with Gasteiger partial charge in [0.1, 0.15) is 5.75 Å². The molecule has 0 aliphatic carbocycles. The molecule has 88 valence electrons. The molecule has 1 aromatic carbocycles. The minimum Gasteiger partial charge on any atom is -0.496 e. The summed E-state index contributed by atoms with van der Waals surface area (Å²) in [7, 11) is 1.68. The van der Waals surface area contributed by atoms with Crippen molar-refractivity contribution in [2.24, 2.45) is 0 Å². The fourth-order valence-electron chi connectivity index (χ4n) is 1.90. The Hall–Kier alpha value is -2.03. The van der Waals surface area contributed by atoms with Crippen molar-refractivity contribution in [1.29, 1.82) is 0 Å². The van der Waals surface area contributed by atoms with Gasteiger partial charge in [0.25, 0.3) is 0 Å². The Balaban J connectivity index is 2.68.